The van der Waals surface area contributed by atoms with Gasteiger partial charge in [-0.15, -0.1) is 24.0 Å². The predicted octanol–water partition coefficient (Wildman–Crippen LogP) is 4.53. The van der Waals surface area contributed by atoms with Crippen molar-refractivity contribution in [2.45, 2.75) is 60.2 Å². The summed E-state index contributed by atoms with van der Waals surface area (Å²) >= 11 is 0. The lowest BCUT2D eigenvalue weighted by Gasteiger charge is -2.10. The molecule has 7 nitrogen and oxygen atoms in total. The first-order valence-electron chi connectivity index (χ1n) is 10.5. The first kappa shape index (κ1) is 24.9. The molecule has 0 saturated heterocycles. The Hall–Kier alpha value is -2.36. The van der Waals surface area contributed by atoms with E-state index in [1.54, 1.807) is 0 Å². The molecule has 0 unspecified atom stereocenters. The molecule has 0 saturated carbocycles. The van der Waals surface area contributed by atoms with Gasteiger partial charge in [0.2, 0.25) is 0 Å². The predicted molar refractivity (Wildman–Crippen MR) is 135 cm³/mol. The number of aliphatic imine (C=N–C) groups is 1. The van der Waals surface area contributed by atoms with Crippen molar-refractivity contribution >= 4 is 29.9 Å². The van der Waals surface area contributed by atoms with Crippen LogP contribution in [0.15, 0.2) is 45.9 Å². The third-order valence-corrected chi connectivity index (χ3v) is 5.04. The minimum absolute atomic E-state index is 0. The van der Waals surface area contributed by atoms with Crippen molar-refractivity contribution < 1.29 is 4.52 Å². The topological polar surface area (TPSA) is 80.3 Å². The van der Waals surface area contributed by atoms with Crippen LogP contribution >= 0.6 is 24.0 Å². The second-order valence-corrected chi connectivity index (χ2v) is 7.71. The van der Waals surface area contributed by atoms with E-state index >= 15 is 0 Å². The van der Waals surface area contributed by atoms with Crippen LogP contribution < -0.4 is 10.6 Å². The van der Waals surface area contributed by atoms with E-state index in [2.05, 4.69) is 72.4 Å². The van der Waals surface area contributed by atoms with Crippen LogP contribution in [-0.4, -0.2) is 27.4 Å². The van der Waals surface area contributed by atoms with Gasteiger partial charge in [0.25, 0.3) is 0 Å². The van der Waals surface area contributed by atoms with Crippen LogP contribution in [0.25, 0.3) is 0 Å². The van der Waals surface area contributed by atoms with Crippen LogP contribution in [0.3, 0.4) is 0 Å². The fourth-order valence-electron chi connectivity index (χ4n) is 3.23. The summed E-state index contributed by atoms with van der Waals surface area (Å²) in [6.07, 6.45) is 0. The Morgan fingerprint density at radius 2 is 1.90 bits per heavy atom. The average Bonchev–Trinajstić information content (AvgIpc) is 3.31. The van der Waals surface area contributed by atoms with Gasteiger partial charge >= 0.3 is 0 Å². The second kappa shape index (κ2) is 11.9. The number of nitrogens with zero attached hydrogens (tertiary/aromatic N) is 4. The van der Waals surface area contributed by atoms with Crippen molar-refractivity contribution in [3.63, 3.8) is 0 Å². The number of guanidine groups is 1. The molecular formula is C23H33IN6O. The second-order valence-electron chi connectivity index (χ2n) is 7.71. The largest absolute Gasteiger partial charge is 0.359 e. The summed E-state index contributed by atoms with van der Waals surface area (Å²) in [5.74, 6) is 1.89. The van der Waals surface area contributed by atoms with Crippen molar-refractivity contribution in [2.24, 2.45) is 4.99 Å². The molecule has 8 heteroatoms. The van der Waals surface area contributed by atoms with Gasteiger partial charge in [-0.3, -0.25) is 4.68 Å². The highest BCUT2D eigenvalue weighted by molar-refractivity contribution is 14.0. The Morgan fingerprint density at radius 1 is 1.16 bits per heavy atom. The van der Waals surface area contributed by atoms with Crippen LogP contribution in [0.1, 0.15) is 60.7 Å². The lowest BCUT2D eigenvalue weighted by atomic mass is 10.1. The molecule has 1 aromatic carbocycles. The van der Waals surface area contributed by atoms with E-state index < -0.39 is 0 Å². The summed E-state index contributed by atoms with van der Waals surface area (Å²) in [7, 11) is 0. The Labute approximate surface area is 201 Å². The molecule has 168 valence electrons. The van der Waals surface area contributed by atoms with Crippen LogP contribution in [0.5, 0.6) is 0 Å². The standard InChI is InChI=1S/C23H32N6O.HI/c1-6-24-23(25-13-20-12-22(16(2)3)28-30-20)26-14-21-17(4)27-29(18(21)5)15-19-10-8-7-9-11-19;/h7-12,16H,6,13-15H2,1-5H3,(H2,24,25,26);1H. The zero-order valence-corrected chi connectivity index (χ0v) is 21.3. The lowest BCUT2D eigenvalue weighted by Crippen LogP contribution is -2.36. The van der Waals surface area contributed by atoms with E-state index in [-0.39, 0.29) is 24.0 Å². The molecule has 0 bridgehead atoms. The van der Waals surface area contributed by atoms with Gasteiger partial charge in [0.1, 0.15) is 0 Å². The monoisotopic (exact) mass is 536 g/mol. The van der Waals surface area contributed by atoms with E-state index in [0.29, 0.717) is 19.0 Å². The van der Waals surface area contributed by atoms with Crippen LogP contribution in [-0.2, 0) is 19.6 Å². The molecule has 3 aromatic rings. The molecule has 2 heterocycles. The summed E-state index contributed by atoms with van der Waals surface area (Å²) < 4.78 is 7.46. The maximum absolute atomic E-state index is 5.41. The summed E-state index contributed by atoms with van der Waals surface area (Å²) in [4.78, 5) is 4.76. The summed E-state index contributed by atoms with van der Waals surface area (Å²) in [5, 5.41) is 15.4. The van der Waals surface area contributed by atoms with Gasteiger partial charge in [-0.2, -0.15) is 5.10 Å². The molecule has 0 aliphatic rings. The number of aromatic nitrogens is 3. The first-order valence-corrected chi connectivity index (χ1v) is 10.5. The van der Waals surface area contributed by atoms with Crippen molar-refractivity contribution in [1.29, 1.82) is 0 Å². The van der Waals surface area contributed by atoms with Gasteiger partial charge in [0.05, 0.1) is 31.0 Å². The Bertz CT molecular complexity index is 977. The number of aryl methyl sites for hydroxylation is 1. The Balaban J connectivity index is 0.00000341. The van der Waals surface area contributed by atoms with E-state index in [1.165, 1.54) is 5.56 Å². The highest BCUT2D eigenvalue weighted by atomic mass is 127. The summed E-state index contributed by atoms with van der Waals surface area (Å²) in [6, 6.07) is 12.4. The third-order valence-electron chi connectivity index (χ3n) is 5.04. The number of rotatable bonds is 8. The molecule has 3 rings (SSSR count). The van der Waals surface area contributed by atoms with E-state index in [0.717, 1.165) is 47.5 Å². The van der Waals surface area contributed by atoms with E-state index in [4.69, 9.17) is 14.6 Å². The van der Waals surface area contributed by atoms with Crippen molar-refractivity contribution in [3.05, 3.63) is 70.4 Å². The minimum atomic E-state index is 0. The molecule has 2 aromatic heterocycles. The van der Waals surface area contributed by atoms with Gasteiger partial charge < -0.3 is 15.2 Å². The molecule has 0 fully saturated rings. The Morgan fingerprint density at radius 3 is 2.55 bits per heavy atom. The SMILES string of the molecule is CCNC(=NCc1c(C)nn(Cc2ccccc2)c1C)NCc1cc(C(C)C)no1.I. The maximum atomic E-state index is 5.41. The third kappa shape index (κ3) is 6.81. The number of halogens is 1. The van der Waals surface area contributed by atoms with Crippen LogP contribution in [0.2, 0.25) is 0 Å². The fourth-order valence-corrected chi connectivity index (χ4v) is 3.23. The molecule has 0 atom stereocenters. The zero-order chi connectivity index (χ0) is 21.5. The highest BCUT2D eigenvalue weighted by Crippen LogP contribution is 2.16. The van der Waals surface area contributed by atoms with Gasteiger partial charge in [0.15, 0.2) is 11.7 Å². The van der Waals surface area contributed by atoms with Gasteiger partial charge in [0, 0.05) is 23.9 Å². The molecule has 0 amide bonds. The normalized spacial score (nSPS) is 11.5. The average molecular weight is 536 g/mol. The Kier molecular flexibility index (Phi) is 9.54. The zero-order valence-electron chi connectivity index (χ0n) is 19.0. The van der Waals surface area contributed by atoms with Crippen molar-refractivity contribution in [2.75, 3.05) is 6.54 Å². The quantitative estimate of drug-likeness (QED) is 0.251. The molecule has 2 N–H and O–H groups in total. The molecule has 0 spiro atoms. The molecule has 0 aliphatic carbocycles. The molecular weight excluding hydrogens is 503 g/mol. The lowest BCUT2D eigenvalue weighted by molar-refractivity contribution is 0.372. The number of benzene rings is 1. The van der Waals surface area contributed by atoms with E-state index in [9.17, 15) is 0 Å². The van der Waals surface area contributed by atoms with Gasteiger partial charge in [-0.05, 0) is 32.3 Å². The minimum Gasteiger partial charge on any atom is -0.359 e. The van der Waals surface area contributed by atoms with Crippen molar-refractivity contribution in [3.8, 4) is 0 Å². The number of nitrogens with one attached hydrogen (secondary N) is 2. The van der Waals surface area contributed by atoms with Crippen LogP contribution in [0.4, 0.5) is 0 Å². The van der Waals surface area contributed by atoms with Crippen molar-refractivity contribution in [1.82, 2.24) is 25.6 Å². The van der Waals surface area contributed by atoms with E-state index in [1.807, 2.05) is 19.1 Å². The molecule has 0 radical (unpaired) electrons. The van der Waals surface area contributed by atoms with Gasteiger partial charge in [-0.25, -0.2) is 4.99 Å². The highest BCUT2D eigenvalue weighted by Gasteiger charge is 2.12. The maximum Gasteiger partial charge on any atom is 0.191 e. The fraction of sp³-hybridized carbons (Fsp3) is 0.435. The summed E-state index contributed by atoms with van der Waals surface area (Å²) in [5.41, 5.74) is 5.52. The summed E-state index contributed by atoms with van der Waals surface area (Å²) in [6.45, 7) is 13.1. The van der Waals surface area contributed by atoms with Gasteiger partial charge in [-0.1, -0.05) is 49.3 Å². The first-order chi connectivity index (χ1) is 14.5. The molecule has 31 heavy (non-hydrogen) atoms. The number of hydrogen-bond acceptors (Lipinski definition) is 4. The molecule has 0 aliphatic heterocycles. The number of hydrogen-bond donors (Lipinski definition) is 2. The van der Waals surface area contributed by atoms with Crippen LogP contribution in [0, 0.1) is 13.8 Å². The smallest absolute Gasteiger partial charge is 0.191 e.